The van der Waals surface area contributed by atoms with Crippen molar-refractivity contribution in [3.8, 4) is 5.75 Å². The highest BCUT2D eigenvalue weighted by atomic mass is 32.2. The van der Waals surface area contributed by atoms with Crippen LogP contribution in [0.3, 0.4) is 0 Å². The molecule has 1 saturated heterocycles. The highest BCUT2D eigenvalue weighted by Gasteiger charge is 2.35. The van der Waals surface area contributed by atoms with Crippen molar-refractivity contribution in [1.82, 2.24) is 4.72 Å². The summed E-state index contributed by atoms with van der Waals surface area (Å²) < 4.78 is 38.3. The molecule has 1 atom stereocenters. The third kappa shape index (κ3) is 3.34. The minimum atomic E-state index is -3.66. The monoisotopic (exact) mass is 340 g/mol. The molecule has 126 valence electrons. The summed E-state index contributed by atoms with van der Waals surface area (Å²) in [5, 5.41) is 2.68. The zero-order valence-electron chi connectivity index (χ0n) is 13.1. The lowest BCUT2D eigenvalue weighted by atomic mass is 10.1. The first kappa shape index (κ1) is 16.2. The van der Waals surface area contributed by atoms with Crippen LogP contribution in [0.4, 0.5) is 5.69 Å². The molecule has 0 aromatic heterocycles. The van der Waals surface area contributed by atoms with Crippen LogP contribution in [-0.4, -0.2) is 39.2 Å². The van der Waals surface area contributed by atoms with E-state index in [4.69, 9.17) is 9.47 Å². The molecule has 0 spiro atoms. The van der Waals surface area contributed by atoms with Crippen molar-refractivity contribution in [1.29, 1.82) is 0 Å². The smallest absolute Gasteiger partial charge is 0.268 e. The fourth-order valence-corrected chi connectivity index (χ4v) is 3.64. The van der Waals surface area contributed by atoms with Gasteiger partial charge in [0.15, 0.2) is 5.60 Å². The normalized spacial score (nSPS) is 23.0. The van der Waals surface area contributed by atoms with Gasteiger partial charge in [-0.15, -0.1) is 0 Å². The van der Waals surface area contributed by atoms with E-state index in [1.165, 1.54) is 12.1 Å². The number of rotatable bonds is 4. The SMILES string of the molecule is CC1(C)Oc2ccc(S(=O)(=O)NC[C@H]3CCCO3)cc2NC1=O. The Morgan fingerprint density at radius 1 is 1.39 bits per heavy atom. The third-order valence-electron chi connectivity index (χ3n) is 3.95. The highest BCUT2D eigenvalue weighted by molar-refractivity contribution is 7.89. The van der Waals surface area contributed by atoms with E-state index < -0.39 is 15.6 Å². The Labute approximate surface area is 135 Å². The average molecular weight is 340 g/mol. The van der Waals surface area contributed by atoms with E-state index in [2.05, 4.69) is 10.0 Å². The number of sulfonamides is 1. The molecule has 2 aliphatic rings. The molecule has 0 saturated carbocycles. The quantitative estimate of drug-likeness (QED) is 0.860. The predicted molar refractivity (Wildman–Crippen MR) is 83.9 cm³/mol. The maximum atomic E-state index is 12.4. The van der Waals surface area contributed by atoms with Crippen LogP contribution in [0, 0.1) is 0 Å². The minimum absolute atomic E-state index is 0.0776. The fourth-order valence-electron chi connectivity index (χ4n) is 2.55. The Morgan fingerprint density at radius 2 is 2.17 bits per heavy atom. The molecule has 2 aliphatic heterocycles. The molecule has 2 heterocycles. The molecule has 8 heteroatoms. The van der Waals surface area contributed by atoms with Gasteiger partial charge in [-0.3, -0.25) is 4.79 Å². The molecule has 1 aromatic rings. The van der Waals surface area contributed by atoms with Gasteiger partial charge in [-0.25, -0.2) is 13.1 Å². The van der Waals surface area contributed by atoms with Gasteiger partial charge in [0.2, 0.25) is 10.0 Å². The summed E-state index contributed by atoms with van der Waals surface area (Å²) in [6.45, 7) is 4.22. The second-order valence-electron chi connectivity index (χ2n) is 6.21. The van der Waals surface area contributed by atoms with Gasteiger partial charge in [0.25, 0.3) is 5.91 Å². The van der Waals surface area contributed by atoms with Gasteiger partial charge >= 0.3 is 0 Å². The number of nitrogens with one attached hydrogen (secondary N) is 2. The number of fused-ring (bicyclic) bond motifs is 1. The Bertz CT molecular complexity index is 723. The molecule has 1 amide bonds. The van der Waals surface area contributed by atoms with Crippen molar-refractivity contribution < 1.29 is 22.7 Å². The standard InChI is InChI=1S/C15H20N2O5S/c1-15(2)14(18)17-12-8-11(5-6-13(12)22-15)23(19,20)16-9-10-4-3-7-21-10/h5-6,8,10,16H,3-4,7,9H2,1-2H3,(H,17,18)/t10-/m1/s1. The van der Waals surface area contributed by atoms with Crippen LogP contribution in [0.1, 0.15) is 26.7 Å². The van der Waals surface area contributed by atoms with Gasteiger partial charge in [-0.2, -0.15) is 0 Å². The summed E-state index contributed by atoms with van der Waals surface area (Å²) in [6.07, 6.45) is 1.72. The molecule has 0 radical (unpaired) electrons. The lowest BCUT2D eigenvalue weighted by molar-refractivity contribution is -0.129. The summed E-state index contributed by atoms with van der Waals surface area (Å²) in [6, 6.07) is 4.42. The summed E-state index contributed by atoms with van der Waals surface area (Å²) >= 11 is 0. The Kier molecular flexibility index (Phi) is 4.07. The van der Waals surface area contributed by atoms with Crippen molar-refractivity contribution in [2.24, 2.45) is 0 Å². The molecule has 3 rings (SSSR count). The van der Waals surface area contributed by atoms with E-state index in [1.54, 1.807) is 19.9 Å². The highest BCUT2D eigenvalue weighted by Crippen LogP contribution is 2.35. The molecule has 2 N–H and O–H groups in total. The summed E-state index contributed by atoms with van der Waals surface area (Å²) in [5.74, 6) is 0.138. The molecule has 0 bridgehead atoms. The second kappa shape index (κ2) is 5.77. The predicted octanol–water partition coefficient (Wildman–Crippen LogP) is 1.25. The number of hydrogen-bond acceptors (Lipinski definition) is 5. The van der Waals surface area contributed by atoms with Crippen LogP contribution in [0.2, 0.25) is 0 Å². The maximum Gasteiger partial charge on any atom is 0.268 e. The van der Waals surface area contributed by atoms with Crippen LogP contribution in [0.25, 0.3) is 0 Å². The average Bonchev–Trinajstić information content (AvgIpc) is 2.99. The molecular weight excluding hydrogens is 320 g/mol. The maximum absolute atomic E-state index is 12.4. The van der Waals surface area contributed by atoms with Crippen LogP contribution < -0.4 is 14.8 Å². The first-order valence-corrected chi connectivity index (χ1v) is 9.02. The molecule has 0 aliphatic carbocycles. The first-order chi connectivity index (χ1) is 10.8. The Balaban J connectivity index is 1.78. The molecule has 23 heavy (non-hydrogen) atoms. The van der Waals surface area contributed by atoms with Crippen molar-refractivity contribution in [2.45, 2.75) is 43.3 Å². The van der Waals surface area contributed by atoms with E-state index in [9.17, 15) is 13.2 Å². The third-order valence-corrected chi connectivity index (χ3v) is 5.37. The number of amides is 1. The van der Waals surface area contributed by atoms with E-state index in [1.807, 2.05) is 0 Å². The number of carbonyl (C=O) groups is 1. The summed E-state index contributed by atoms with van der Waals surface area (Å²) in [5.41, 5.74) is -0.625. The van der Waals surface area contributed by atoms with Gasteiger partial charge in [-0.1, -0.05) is 0 Å². The molecule has 1 aromatic carbocycles. The van der Waals surface area contributed by atoms with Crippen molar-refractivity contribution in [2.75, 3.05) is 18.5 Å². The molecule has 7 nitrogen and oxygen atoms in total. The van der Waals surface area contributed by atoms with Gasteiger partial charge in [0.1, 0.15) is 5.75 Å². The molecule has 0 unspecified atom stereocenters. The lowest BCUT2D eigenvalue weighted by Gasteiger charge is -2.31. The van der Waals surface area contributed by atoms with Crippen LogP contribution >= 0.6 is 0 Å². The van der Waals surface area contributed by atoms with Gasteiger partial charge in [0, 0.05) is 13.2 Å². The zero-order valence-corrected chi connectivity index (χ0v) is 13.9. The second-order valence-corrected chi connectivity index (χ2v) is 7.98. The van der Waals surface area contributed by atoms with Crippen LogP contribution in [-0.2, 0) is 19.6 Å². The number of benzene rings is 1. The number of ether oxygens (including phenoxy) is 2. The number of anilines is 1. The van der Waals surface area contributed by atoms with Crippen molar-refractivity contribution >= 4 is 21.6 Å². The van der Waals surface area contributed by atoms with Gasteiger partial charge < -0.3 is 14.8 Å². The van der Waals surface area contributed by atoms with Gasteiger partial charge in [-0.05, 0) is 44.9 Å². The number of hydrogen-bond donors (Lipinski definition) is 2. The largest absolute Gasteiger partial charge is 0.476 e. The lowest BCUT2D eigenvalue weighted by Crippen LogP contribution is -2.45. The van der Waals surface area contributed by atoms with E-state index >= 15 is 0 Å². The van der Waals surface area contributed by atoms with E-state index in [0.717, 1.165) is 12.8 Å². The zero-order chi connectivity index (χ0) is 16.7. The first-order valence-electron chi connectivity index (χ1n) is 7.54. The minimum Gasteiger partial charge on any atom is -0.476 e. The van der Waals surface area contributed by atoms with Crippen molar-refractivity contribution in [3.63, 3.8) is 0 Å². The van der Waals surface area contributed by atoms with E-state index in [0.29, 0.717) is 18.0 Å². The van der Waals surface area contributed by atoms with Crippen LogP contribution in [0.15, 0.2) is 23.1 Å². The Morgan fingerprint density at radius 3 is 2.87 bits per heavy atom. The topological polar surface area (TPSA) is 93.7 Å². The Hall–Kier alpha value is -1.64. The van der Waals surface area contributed by atoms with Crippen molar-refractivity contribution in [3.05, 3.63) is 18.2 Å². The summed E-state index contributed by atoms with van der Waals surface area (Å²) in [4.78, 5) is 12.0. The van der Waals surface area contributed by atoms with Gasteiger partial charge in [0.05, 0.1) is 16.7 Å². The molecular formula is C15H20N2O5S. The fraction of sp³-hybridized carbons (Fsp3) is 0.533. The van der Waals surface area contributed by atoms with E-state index in [-0.39, 0.29) is 23.5 Å². The number of carbonyl (C=O) groups excluding carboxylic acids is 1. The summed E-state index contributed by atoms with van der Waals surface area (Å²) in [7, 11) is -3.66. The molecule has 1 fully saturated rings. The van der Waals surface area contributed by atoms with Crippen LogP contribution in [0.5, 0.6) is 5.75 Å².